The summed E-state index contributed by atoms with van der Waals surface area (Å²) < 4.78 is 0. The largest absolute Gasteiger partial charge is 0.390 e. The van der Waals surface area contributed by atoms with E-state index in [-0.39, 0.29) is 6.10 Å². The van der Waals surface area contributed by atoms with Crippen molar-refractivity contribution in [2.24, 2.45) is 0 Å². The quantitative estimate of drug-likeness (QED) is 0.731. The average molecular weight is 320 g/mol. The fourth-order valence-corrected chi connectivity index (χ4v) is 3.71. The Labute approximate surface area is 135 Å². The number of H-pyrrole nitrogens is 1. The Morgan fingerprint density at radius 2 is 2.23 bits per heavy atom. The van der Waals surface area contributed by atoms with Gasteiger partial charge in [-0.05, 0) is 37.4 Å². The predicted octanol–water partition coefficient (Wildman–Crippen LogP) is 2.07. The lowest BCUT2D eigenvalue weighted by Gasteiger charge is -2.28. The number of rotatable bonds is 7. The minimum Gasteiger partial charge on any atom is -0.390 e. The Balaban J connectivity index is 1.44. The summed E-state index contributed by atoms with van der Waals surface area (Å²) in [7, 11) is 0. The minimum atomic E-state index is -0.310. The van der Waals surface area contributed by atoms with E-state index in [1.807, 2.05) is 12.3 Å². The Bertz CT molecular complexity index is 548. The molecule has 0 aliphatic carbocycles. The number of piperidine rings is 1. The maximum Gasteiger partial charge on any atom is 0.0794 e. The van der Waals surface area contributed by atoms with E-state index in [2.05, 4.69) is 31.9 Å². The van der Waals surface area contributed by atoms with Crippen LogP contribution in [0, 0.1) is 0 Å². The first kappa shape index (κ1) is 15.7. The van der Waals surface area contributed by atoms with E-state index >= 15 is 0 Å². The summed E-state index contributed by atoms with van der Waals surface area (Å²) in [6, 6.07) is 4.13. The van der Waals surface area contributed by atoms with Crippen molar-refractivity contribution in [2.45, 2.75) is 31.9 Å². The zero-order valence-electron chi connectivity index (χ0n) is 12.8. The zero-order valence-corrected chi connectivity index (χ0v) is 13.6. The molecule has 1 aliphatic rings. The molecule has 1 atom stereocenters. The van der Waals surface area contributed by atoms with Gasteiger partial charge in [-0.15, -0.1) is 11.3 Å². The first-order valence-electron chi connectivity index (χ1n) is 8.00. The Kier molecular flexibility index (Phi) is 5.61. The van der Waals surface area contributed by atoms with Crippen LogP contribution in [0.2, 0.25) is 0 Å². The molecule has 3 N–H and O–H groups in total. The number of nitrogens with zero attached hydrogens (tertiary/aromatic N) is 2. The third-order valence-corrected chi connectivity index (χ3v) is 4.99. The fourth-order valence-electron chi connectivity index (χ4n) is 2.96. The van der Waals surface area contributed by atoms with Gasteiger partial charge in [-0.1, -0.05) is 12.5 Å². The number of hydrogen-bond donors (Lipinski definition) is 3. The molecule has 0 radical (unpaired) electrons. The molecular formula is C16H24N4OS. The summed E-state index contributed by atoms with van der Waals surface area (Å²) in [5.74, 6) is 0. The highest BCUT2D eigenvalue weighted by molar-refractivity contribution is 7.13. The number of aliphatic hydroxyl groups excluding tert-OH is 1. The van der Waals surface area contributed by atoms with E-state index in [0.29, 0.717) is 6.54 Å². The molecular weight excluding hydrogens is 296 g/mol. The predicted molar refractivity (Wildman–Crippen MR) is 89.9 cm³/mol. The molecule has 0 spiro atoms. The lowest BCUT2D eigenvalue weighted by molar-refractivity contribution is 0.1000. The van der Waals surface area contributed by atoms with Crippen LogP contribution in [0.4, 0.5) is 0 Å². The van der Waals surface area contributed by atoms with Crippen LogP contribution in [0.15, 0.2) is 23.7 Å². The van der Waals surface area contributed by atoms with Crippen molar-refractivity contribution in [1.82, 2.24) is 20.4 Å². The molecule has 0 aromatic carbocycles. The number of likely N-dealkylation sites (tertiary alicyclic amines) is 1. The molecule has 1 aliphatic heterocycles. The summed E-state index contributed by atoms with van der Waals surface area (Å²) in [4.78, 5) is 3.56. The number of nitrogens with one attached hydrogen (secondary N) is 2. The molecule has 5 nitrogen and oxygen atoms in total. The minimum absolute atomic E-state index is 0.310. The molecule has 1 fully saturated rings. The van der Waals surface area contributed by atoms with Gasteiger partial charge < -0.3 is 15.3 Å². The van der Waals surface area contributed by atoms with Gasteiger partial charge in [-0.3, -0.25) is 5.10 Å². The van der Waals surface area contributed by atoms with Crippen molar-refractivity contribution in [3.63, 3.8) is 0 Å². The number of hydrogen-bond acceptors (Lipinski definition) is 5. The second-order valence-corrected chi connectivity index (χ2v) is 6.84. The third kappa shape index (κ3) is 4.16. The number of aromatic amines is 1. The van der Waals surface area contributed by atoms with Crippen molar-refractivity contribution in [3.05, 3.63) is 29.3 Å². The van der Waals surface area contributed by atoms with Crippen LogP contribution >= 0.6 is 11.3 Å². The van der Waals surface area contributed by atoms with Gasteiger partial charge in [0.25, 0.3) is 0 Å². The summed E-state index contributed by atoms with van der Waals surface area (Å²) in [6.07, 6.45) is 5.41. The summed E-state index contributed by atoms with van der Waals surface area (Å²) >= 11 is 1.70. The van der Waals surface area contributed by atoms with Crippen LogP contribution in [0.5, 0.6) is 0 Å². The molecule has 1 saturated heterocycles. The van der Waals surface area contributed by atoms with Crippen molar-refractivity contribution >= 4 is 11.3 Å². The van der Waals surface area contributed by atoms with Crippen molar-refractivity contribution in [1.29, 1.82) is 0 Å². The van der Waals surface area contributed by atoms with E-state index in [0.717, 1.165) is 37.4 Å². The number of β-amino-alcohol motifs (C(OH)–C–C–N with tert-alkyl or cyclic N) is 1. The summed E-state index contributed by atoms with van der Waals surface area (Å²) in [5, 5.41) is 22.8. The van der Waals surface area contributed by atoms with Crippen LogP contribution in [-0.2, 0) is 6.54 Å². The van der Waals surface area contributed by atoms with Crippen LogP contribution in [0.1, 0.15) is 24.8 Å². The molecule has 3 rings (SSSR count). The second kappa shape index (κ2) is 7.87. The lowest BCUT2D eigenvalue weighted by Crippen LogP contribution is -2.40. The van der Waals surface area contributed by atoms with E-state index < -0.39 is 0 Å². The van der Waals surface area contributed by atoms with Gasteiger partial charge in [0.15, 0.2) is 0 Å². The highest BCUT2D eigenvalue weighted by Crippen LogP contribution is 2.25. The molecule has 0 bridgehead atoms. The van der Waals surface area contributed by atoms with E-state index in [9.17, 15) is 5.11 Å². The highest BCUT2D eigenvalue weighted by Gasteiger charge is 2.15. The van der Waals surface area contributed by atoms with Crippen LogP contribution in [-0.4, -0.2) is 52.5 Å². The summed E-state index contributed by atoms with van der Waals surface area (Å²) in [5.41, 5.74) is 2.22. The fraction of sp³-hybridized carbons (Fsp3) is 0.562. The maximum atomic E-state index is 10.2. The highest BCUT2D eigenvalue weighted by atomic mass is 32.1. The number of thiophene rings is 1. The topological polar surface area (TPSA) is 64.2 Å². The summed E-state index contributed by atoms with van der Waals surface area (Å²) in [6.45, 7) is 4.37. The molecule has 0 amide bonds. The Hall–Kier alpha value is -1.21. The van der Waals surface area contributed by atoms with Gasteiger partial charge >= 0.3 is 0 Å². The van der Waals surface area contributed by atoms with Crippen molar-refractivity contribution < 1.29 is 5.11 Å². The molecule has 120 valence electrons. The number of aliphatic hydroxyl groups is 1. The molecule has 0 unspecified atom stereocenters. The van der Waals surface area contributed by atoms with Gasteiger partial charge in [0.05, 0.1) is 22.9 Å². The van der Waals surface area contributed by atoms with E-state index in [1.165, 1.54) is 24.1 Å². The van der Waals surface area contributed by atoms with Crippen LogP contribution < -0.4 is 5.32 Å². The second-order valence-electron chi connectivity index (χ2n) is 5.89. The average Bonchev–Trinajstić information content (AvgIpc) is 3.19. The van der Waals surface area contributed by atoms with Gasteiger partial charge in [-0.2, -0.15) is 5.10 Å². The molecule has 0 saturated carbocycles. The standard InChI is InChI=1S/C16H24N4OS/c21-14(12-20-6-2-1-3-7-20)11-17-9-13-10-18-19-16(13)15-5-4-8-22-15/h4-5,8,10,14,17,21H,1-3,6-7,9,11-12H2,(H,18,19)/t14-/m1/s1. The Morgan fingerprint density at radius 3 is 3.00 bits per heavy atom. The van der Waals surface area contributed by atoms with Crippen LogP contribution in [0.25, 0.3) is 10.6 Å². The first-order valence-corrected chi connectivity index (χ1v) is 8.88. The van der Waals surface area contributed by atoms with Gasteiger partial charge in [0, 0.05) is 25.2 Å². The molecule has 2 aromatic rings. The zero-order chi connectivity index (χ0) is 15.2. The van der Waals surface area contributed by atoms with Crippen LogP contribution in [0.3, 0.4) is 0 Å². The first-order chi connectivity index (χ1) is 10.8. The lowest BCUT2D eigenvalue weighted by atomic mass is 10.1. The van der Waals surface area contributed by atoms with E-state index in [4.69, 9.17) is 0 Å². The molecule has 6 heteroatoms. The van der Waals surface area contributed by atoms with Gasteiger partial charge in [-0.25, -0.2) is 0 Å². The molecule has 22 heavy (non-hydrogen) atoms. The van der Waals surface area contributed by atoms with E-state index in [1.54, 1.807) is 11.3 Å². The third-order valence-electron chi connectivity index (χ3n) is 4.10. The van der Waals surface area contributed by atoms with Crippen molar-refractivity contribution in [2.75, 3.05) is 26.2 Å². The smallest absolute Gasteiger partial charge is 0.0794 e. The maximum absolute atomic E-state index is 10.2. The normalized spacial score (nSPS) is 17.7. The number of aromatic nitrogens is 2. The van der Waals surface area contributed by atoms with Gasteiger partial charge in [0.1, 0.15) is 0 Å². The Morgan fingerprint density at radius 1 is 1.36 bits per heavy atom. The van der Waals surface area contributed by atoms with Gasteiger partial charge in [0.2, 0.25) is 0 Å². The molecule has 3 heterocycles. The molecule has 2 aromatic heterocycles. The van der Waals surface area contributed by atoms with Crippen molar-refractivity contribution in [3.8, 4) is 10.6 Å². The SMILES string of the molecule is O[C@H](CNCc1cn[nH]c1-c1cccs1)CN1CCCCC1. The monoisotopic (exact) mass is 320 g/mol.